The van der Waals surface area contributed by atoms with E-state index in [1.54, 1.807) is 13.8 Å². The summed E-state index contributed by atoms with van der Waals surface area (Å²) in [4.78, 5) is 0. The highest BCUT2D eigenvalue weighted by Gasteiger charge is 2.21. The van der Waals surface area contributed by atoms with Crippen LogP contribution in [0, 0.1) is 22.5 Å². The second-order valence-corrected chi connectivity index (χ2v) is 4.47. The maximum absolute atomic E-state index is 13.2. The van der Waals surface area contributed by atoms with Gasteiger partial charge in [-0.25, -0.2) is 8.78 Å². The van der Waals surface area contributed by atoms with E-state index in [1.165, 1.54) is 0 Å². The summed E-state index contributed by atoms with van der Waals surface area (Å²) >= 11 is 0. The van der Waals surface area contributed by atoms with Crippen molar-refractivity contribution in [1.82, 2.24) is 0 Å². The minimum atomic E-state index is -0.605. The molecule has 0 bridgehead atoms. The Morgan fingerprint density at radius 2 is 2.06 bits per heavy atom. The molecule has 3 N–H and O–H groups in total. The Bertz CT molecular complexity index is 419. The van der Waals surface area contributed by atoms with E-state index in [-0.39, 0.29) is 18.2 Å². The molecule has 1 rings (SSSR count). The molecule has 0 aliphatic carbocycles. The fourth-order valence-corrected chi connectivity index (χ4v) is 1.14. The molecule has 0 aliphatic heterocycles. The van der Waals surface area contributed by atoms with Crippen LogP contribution in [-0.4, -0.2) is 12.4 Å². The molecule has 0 radical (unpaired) electrons. The van der Waals surface area contributed by atoms with Gasteiger partial charge in [-0.3, -0.25) is 5.41 Å². The number of rotatable bonds is 5. The van der Waals surface area contributed by atoms with Crippen molar-refractivity contribution in [1.29, 1.82) is 5.41 Å². The molecule has 0 aromatic heterocycles. The lowest BCUT2D eigenvalue weighted by atomic mass is 9.88. The summed E-state index contributed by atoms with van der Waals surface area (Å²) in [7, 11) is 0. The normalized spacial score (nSPS) is 11.3. The van der Waals surface area contributed by atoms with Crippen LogP contribution >= 0.6 is 0 Å². The van der Waals surface area contributed by atoms with Gasteiger partial charge in [0.05, 0.1) is 12.4 Å². The third kappa shape index (κ3) is 3.69. The summed E-state index contributed by atoms with van der Waals surface area (Å²) in [5, 5.41) is 7.34. The first kappa shape index (κ1) is 13.4. The number of ether oxygens (including phenoxy) is 1. The molecule has 5 heteroatoms. The van der Waals surface area contributed by atoms with Gasteiger partial charge in [0.25, 0.3) is 0 Å². The van der Waals surface area contributed by atoms with Crippen molar-refractivity contribution < 1.29 is 13.5 Å². The quantitative estimate of drug-likeness (QED) is 0.616. The Labute approximate surface area is 99.1 Å². The number of amidine groups is 1. The van der Waals surface area contributed by atoms with Gasteiger partial charge in [-0.1, -0.05) is 13.8 Å². The first-order chi connectivity index (χ1) is 7.83. The monoisotopic (exact) mass is 242 g/mol. The number of nitrogens with one attached hydrogen (secondary N) is 1. The SMILES string of the molecule is CC(C)(CCOc1cc(F)ccc1F)C(=N)N. The van der Waals surface area contributed by atoms with Crippen LogP contribution in [0.4, 0.5) is 8.78 Å². The van der Waals surface area contributed by atoms with E-state index in [2.05, 4.69) is 0 Å². The molecule has 0 atom stereocenters. The summed E-state index contributed by atoms with van der Waals surface area (Å²) < 4.78 is 31.2. The summed E-state index contributed by atoms with van der Waals surface area (Å²) in [6, 6.07) is 3.04. The molecular weight excluding hydrogens is 226 g/mol. The van der Waals surface area contributed by atoms with Gasteiger partial charge in [0, 0.05) is 11.5 Å². The number of nitrogens with two attached hydrogens (primary N) is 1. The third-order valence-electron chi connectivity index (χ3n) is 2.61. The maximum atomic E-state index is 13.2. The van der Waals surface area contributed by atoms with E-state index < -0.39 is 17.0 Å². The molecule has 0 aliphatic rings. The minimum Gasteiger partial charge on any atom is -0.490 e. The van der Waals surface area contributed by atoms with Crippen molar-refractivity contribution in [2.75, 3.05) is 6.61 Å². The van der Waals surface area contributed by atoms with E-state index in [1.807, 2.05) is 0 Å². The van der Waals surface area contributed by atoms with Crippen molar-refractivity contribution in [3.63, 3.8) is 0 Å². The van der Waals surface area contributed by atoms with Gasteiger partial charge in [-0.2, -0.15) is 0 Å². The van der Waals surface area contributed by atoms with E-state index in [0.717, 1.165) is 18.2 Å². The lowest BCUT2D eigenvalue weighted by Gasteiger charge is -2.22. The van der Waals surface area contributed by atoms with Crippen molar-refractivity contribution in [3.05, 3.63) is 29.8 Å². The van der Waals surface area contributed by atoms with Crippen LogP contribution in [0.2, 0.25) is 0 Å². The van der Waals surface area contributed by atoms with Crippen LogP contribution < -0.4 is 10.5 Å². The van der Waals surface area contributed by atoms with Gasteiger partial charge in [0.1, 0.15) is 5.82 Å². The lowest BCUT2D eigenvalue weighted by Crippen LogP contribution is -2.32. The molecular formula is C12H16F2N2O. The predicted molar refractivity (Wildman–Crippen MR) is 62.2 cm³/mol. The zero-order chi connectivity index (χ0) is 13.1. The van der Waals surface area contributed by atoms with Crippen LogP contribution in [0.5, 0.6) is 5.75 Å². The molecule has 0 saturated carbocycles. The van der Waals surface area contributed by atoms with Gasteiger partial charge < -0.3 is 10.5 Å². The lowest BCUT2D eigenvalue weighted by molar-refractivity contribution is 0.257. The number of halogens is 2. The van der Waals surface area contributed by atoms with E-state index in [4.69, 9.17) is 15.9 Å². The molecule has 0 unspecified atom stereocenters. The Hall–Kier alpha value is -1.65. The van der Waals surface area contributed by atoms with Crippen molar-refractivity contribution in [3.8, 4) is 5.75 Å². The molecule has 17 heavy (non-hydrogen) atoms. The van der Waals surface area contributed by atoms with Crippen molar-refractivity contribution >= 4 is 5.84 Å². The van der Waals surface area contributed by atoms with E-state index in [0.29, 0.717) is 6.42 Å². The number of hydrogen-bond acceptors (Lipinski definition) is 2. The molecule has 0 spiro atoms. The summed E-state index contributed by atoms with van der Waals surface area (Å²) in [6.45, 7) is 3.76. The molecule has 0 heterocycles. The van der Waals surface area contributed by atoms with Gasteiger partial charge in [-0.15, -0.1) is 0 Å². The highest BCUT2D eigenvalue weighted by atomic mass is 19.1. The molecule has 1 aromatic rings. The molecule has 0 amide bonds. The first-order valence-corrected chi connectivity index (χ1v) is 5.25. The topological polar surface area (TPSA) is 59.1 Å². The van der Waals surface area contributed by atoms with Gasteiger partial charge in [-0.05, 0) is 18.6 Å². The van der Waals surface area contributed by atoms with E-state index >= 15 is 0 Å². The van der Waals surface area contributed by atoms with Crippen LogP contribution in [0.3, 0.4) is 0 Å². The van der Waals surface area contributed by atoms with Crippen molar-refractivity contribution in [2.45, 2.75) is 20.3 Å². The van der Waals surface area contributed by atoms with Gasteiger partial charge in [0.2, 0.25) is 0 Å². The zero-order valence-electron chi connectivity index (χ0n) is 9.89. The average molecular weight is 242 g/mol. The molecule has 94 valence electrons. The van der Waals surface area contributed by atoms with Crippen LogP contribution in [0.15, 0.2) is 18.2 Å². The van der Waals surface area contributed by atoms with Gasteiger partial charge in [0.15, 0.2) is 11.6 Å². The Kier molecular flexibility index (Phi) is 4.04. The number of hydrogen-bond donors (Lipinski definition) is 2. The summed E-state index contributed by atoms with van der Waals surface area (Å²) in [5.74, 6) is -1.23. The fourth-order valence-electron chi connectivity index (χ4n) is 1.14. The Morgan fingerprint density at radius 3 is 2.65 bits per heavy atom. The second-order valence-electron chi connectivity index (χ2n) is 4.47. The van der Waals surface area contributed by atoms with Crippen LogP contribution in [0.1, 0.15) is 20.3 Å². The molecule has 3 nitrogen and oxygen atoms in total. The molecule has 1 aromatic carbocycles. The average Bonchev–Trinajstić information content (AvgIpc) is 2.22. The smallest absolute Gasteiger partial charge is 0.165 e. The Morgan fingerprint density at radius 1 is 1.41 bits per heavy atom. The van der Waals surface area contributed by atoms with Crippen LogP contribution in [-0.2, 0) is 0 Å². The van der Waals surface area contributed by atoms with E-state index in [9.17, 15) is 8.78 Å². The third-order valence-corrected chi connectivity index (χ3v) is 2.61. The zero-order valence-corrected chi connectivity index (χ0v) is 9.89. The highest BCUT2D eigenvalue weighted by molar-refractivity contribution is 5.82. The highest BCUT2D eigenvalue weighted by Crippen LogP contribution is 2.22. The minimum absolute atomic E-state index is 0.0424. The maximum Gasteiger partial charge on any atom is 0.165 e. The standard InChI is InChI=1S/C12H16F2N2O/c1-12(2,11(15)16)5-6-17-10-7-8(13)3-4-9(10)14/h3-4,7H,5-6H2,1-2H3,(H3,15,16). The van der Waals surface area contributed by atoms with Crippen LogP contribution in [0.25, 0.3) is 0 Å². The molecule has 0 saturated heterocycles. The van der Waals surface area contributed by atoms with Crippen molar-refractivity contribution in [2.24, 2.45) is 11.1 Å². The fraction of sp³-hybridized carbons (Fsp3) is 0.417. The molecule has 0 fully saturated rings. The Balaban J connectivity index is 2.57. The number of benzene rings is 1. The largest absolute Gasteiger partial charge is 0.490 e. The van der Waals surface area contributed by atoms with Gasteiger partial charge >= 0.3 is 0 Å². The second kappa shape index (κ2) is 5.12. The summed E-state index contributed by atoms with van der Waals surface area (Å²) in [5.41, 5.74) is 4.89. The first-order valence-electron chi connectivity index (χ1n) is 5.25. The summed E-state index contributed by atoms with van der Waals surface area (Å²) in [6.07, 6.45) is 0.457. The predicted octanol–water partition coefficient (Wildman–Crippen LogP) is 2.70.